The number of halogens is 2. The Bertz CT molecular complexity index is 929. The fourth-order valence-electron chi connectivity index (χ4n) is 3.74. The van der Waals surface area contributed by atoms with Gasteiger partial charge in [0.25, 0.3) is 5.91 Å². The average molecular weight is 552 g/mol. The number of benzene rings is 2. The topological polar surface area (TPSA) is 58.6 Å². The SMILES string of the molecule is Cc1cc(OCC(=O)N(Cc2cccc(Br)c2)[C@@H](C)C(=O)NC2CCCC2)ccc1Br. The lowest BCUT2D eigenvalue weighted by atomic mass is 10.1. The minimum absolute atomic E-state index is 0.116. The molecule has 0 unspecified atom stereocenters. The first-order chi connectivity index (χ1) is 14.8. The summed E-state index contributed by atoms with van der Waals surface area (Å²) >= 11 is 6.94. The van der Waals surface area contributed by atoms with Crippen LogP contribution < -0.4 is 10.1 Å². The van der Waals surface area contributed by atoms with Crippen LogP contribution in [-0.4, -0.2) is 35.4 Å². The van der Waals surface area contributed by atoms with E-state index < -0.39 is 6.04 Å². The maximum Gasteiger partial charge on any atom is 0.261 e. The van der Waals surface area contributed by atoms with Crippen molar-refractivity contribution < 1.29 is 14.3 Å². The summed E-state index contributed by atoms with van der Waals surface area (Å²) in [6.45, 7) is 3.95. The molecule has 0 aliphatic heterocycles. The minimum atomic E-state index is -0.595. The highest BCUT2D eigenvalue weighted by atomic mass is 79.9. The van der Waals surface area contributed by atoms with Gasteiger partial charge < -0.3 is 15.0 Å². The normalized spacial score (nSPS) is 14.8. The lowest BCUT2D eigenvalue weighted by Crippen LogP contribution is -2.50. The quantitative estimate of drug-likeness (QED) is 0.479. The van der Waals surface area contributed by atoms with E-state index in [4.69, 9.17) is 4.74 Å². The molecule has 31 heavy (non-hydrogen) atoms. The van der Waals surface area contributed by atoms with Crippen LogP contribution in [0, 0.1) is 6.92 Å². The predicted octanol–water partition coefficient (Wildman–Crippen LogP) is 5.37. The third-order valence-corrected chi connectivity index (χ3v) is 6.99. The van der Waals surface area contributed by atoms with Crippen molar-refractivity contribution >= 4 is 43.7 Å². The van der Waals surface area contributed by atoms with Gasteiger partial charge in [0, 0.05) is 21.5 Å². The van der Waals surface area contributed by atoms with Crippen molar-refractivity contribution in [2.45, 2.75) is 58.2 Å². The number of amides is 2. The first-order valence-electron chi connectivity index (χ1n) is 10.6. The molecule has 0 spiro atoms. The van der Waals surface area contributed by atoms with Gasteiger partial charge in [-0.2, -0.15) is 0 Å². The van der Waals surface area contributed by atoms with E-state index in [9.17, 15) is 9.59 Å². The van der Waals surface area contributed by atoms with E-state index in [1.165, 1.54) is 0 Å². The van der Waals surface area contributed by atoms with Crippen LogP contribution in [0.3, 0.4) is 0 Å². The number of rotatable bonds is 8. The summed E-state index contributed by atoms with van der Waals surface area (Å²) in [6.07, 6.45) is 4.29. The van der Waals surface area contributed by atoms with Crippen LogP contribution in [0.5, 0.6) is 5.75 Å². The number of hydrogen-bond acceptors (Lipinski definition) is 3. The molecule has 1 N–H and O–H groups in total. The zero-order chi connectivity index (χ0) is 22.4. The van der Waals surface area contributed by atoms with Crippen molar-refractivity contribution in [2.75, 3.05) is 6.61 Å². The molecule has 0 aromatic heterocycles. The lowest BCUT2D eigenvalue weighted by molar-refractivity contribution is -0.142. The Morgan fingerprint density at radius 1 is 1.16 bits per heavy atom. The smallest absolute Gasteiger partial charge is 0.261 e. The van der Waals surface area contributed by atoms with Crippen molar-refractivity contribution in [3.63, 3.8) is 0 Å². The van der Waals surface area contributed by atoms with Gasteiger partial charge in [0.15, 0.2) is 6.61 Å². The monoisotopic (exact) mass is 550 g/mol. The molecule has 7 heteroatoms. The van der Waals surface area contributed by atoms with Crippen molar-refractivity contribution in [1.29, 1.82) is 0 Å². The molecular weight excluding hydrogens is 524 g/mol. The maximum absolute atomic E-state index is 13.1. The van der Waals surface area contributed by atoms with E-state index in [-0.39, 0.29) is 24.5 Å². The number of carbonyl (C=O) groups is 2. The van der Waals surface area contributed by atoms with E-state index in [0.717, 1.165) is 45.8 Å². The first kappa shape index (κ1) is 23.8. The van der Waals surface area contributed by atoms with Crippen LogP contribution in [0.2, 0.25) is 0 Å². The Kier molecular flexibility index (Phi) is 8.55. The van der Waals surface area contributed by atoms with Crippen LogP contribution in [-0.2, 0) is 16.1 Å². The fraction of sp³-hybridized carbons (Fsp3) is 0.417. The molecule has 1 aliphatic rings. The Balaban J connectivity index is 1.72. The molecule has 166 valence electrons. The van der Waals surface area contributed by atoms with Gasteiger partial charge in [0.2, 0.25) is 5.91 Å². The highest BCUT2D eigenvalue weighted by Gasteiger charge is 2.28. The first-order valence-corrected chi connectivity index (χ1v) is 12.2. The van der Waals surface area contributed by atoms with Crippen LogP contribution in [0.15, 0.2) is 51.4 Å². The van der Waals surface area contributed by atoms with E-state index in [0.29, 0.717) is 12.3 Å². The second-order valence-electron chi connectivity index (χ2n) is 8.02. The predicted molar refractivity (Wildman–Crippen MR) is 129 cm³/mol. The third kappa shape index (κ3) is 6.81. The summed E-state index contributed by atoms with van der Waals surface area (Å²) in [5, 5.41) is 3.11. The summed E-state index contributed by atoms with van der Waals surface area (Å²) < 4.78 is 7.67. The summed E-state index contributed by atoms with van der Waals surface area (Å²) in [7, 11) is 0. The Morgan fingerprint density at radius 3 is 2.58 bits per heavy atom. The maximum atomic E-state index is 13.1. The molecular formula is C24H28Br2N2O3. The van der Waals surface area contributed by atoms with Gasteiger partial charge in [0.05, 0.1) is 0 Å². The highest BCUT2D eigenvalue weighted by molar-refractivity contribution is 9.10. The summed E-state index contributed by atoms with van der Waals surface area (Å²) in [4.78, 5) is 27.6. The van der Waals surface area contributed by atoms with E-state index in [2.05, 4.69) is 37.2 Å². The van der Waals surface area contributed by atoms with Crippen molar-refractivity contribution in [1.82, 2.24) is 10.2 Å². The van der Waals surface area contributed by atoms with Crippen molar-refractivity contribution in [3.05, 3.63) is 62.5 Å². The number of hydrogen-bond donors (Lipinski definition) is 1. The number of carbonyl (C=O) groups excluding carboxylic acids is 2. The zero-order valence-corrected chi connectivity index (χ0v) is 21.0. The summed E-state index contributed by atoms with van der Waals surface area (Å²) in [6, 6.07) is 13.0. The summed E-state index contributed by atoms with van der Waals surface area (Å²) in [5.41, 5.74) is 1.97. The molecule has 2 amide bonds. The molecule has 0 heterocycles. The number of aryl methyl sites for hydroxylation is 1. The van der Waals surface area contributed by atoms with Gasteiger partial charge in [-0.05, 0) is 68.1 Å². The Morgan fingerprint density at radius 2 is 1.90 bits per heavy atom. The molecule has 0 saturated heterocycles. The molecule has 2 aromatic carbocycles. The highest BCUT2D eigenvalue weighted by Crippen LogP contribution is 2.22. The van der Waals surface area contributed by atoms with Gasteiger partial charge in [-0.25, -0.2) is 0 Å². The molecule has 1 aliphatic carbocycles. The van der Waals surface area contributed by atoms with Crippen LogP contribution in [0.25, 0.3) is 0 Å². The van der Waals surface area contributed by atoms with Gasteiger partial charge in [0.1, 0.15) is 11.8 Å². The van der Waals surface area contributed by atoms with E-state index >= 15 is 0 Å². The third-order valence-electron chi connectivity index (χ3n) is 5.60. The Labute approximate surface area is 200 Å². The molecule has 1 atom stereocenters. The largest absolute Gasteiger partial charge is 0.484 e. The zero-order valence-electron chi connectivity index (χ0n) is 17.9. The lowest BCUT2D eigenvalue weighted by Gasteiger charge is -2.29. The van der Waals surface area contributed by atoms with E-state index in [1.807, 2.05) is 49.4 Å². The molecule has 1 fully saturated rings. The van der Waals surface area contributed by atoms with Gasteiger partial charge in [-0.3, -0.25) is 9.59 Å². The van der Waals surface area contributed by atoms with Crippen LogP contribution >= 0.6 is 31.9 Å². The standard InChI is InChI=1S/C24H28Br2N2O3/c1-16-12-21(10-11-22(16)26)31-15-23(29)28(14-18-6-5-7-19(25)13-18)17(2)24(30)27-20-8-3-4-9-20/h5-7,10-13,17,20H,3-4,8-9,14-15H2,1-2H3,(H,27,30)/t17-/m0/s1. The van der Waals surface area contributed by atoms with Crippen LogP contribution in [0.1, 0.15) is 43.7 Å². The molecule has 0 radical (unpaired) electrons. The number of ether oxygens (including phenoxy) is 1. The van der Waals surface area contributed by atoms with Gasteiger partial charge in [-0.15, -0.1) is 0 Å². The second-order valence-corrected chi connectivity index (χ2v) is 9.79. The molecule has 0 bridgehead atoms. The Hall–Kier alpha value is -1.86. The van der Waals surface area contributed by atoms with E-state index in [1.54, 1.807) is 11.8 Å². The molecule has 2 aromatic rings. The molecule has 1 saturated carbocycles. The molecule has 5 nitrogen and oxygen atoms in total. The molecule has 3 rings (SSSR count). The van der Waals surface area contributed by atoms with Crippen molar-refractivity contribution in [3.8, 4) is 5.75 Å². The fourth-order valence-corrected chi connectivity index (χ4v) is 4.43. The van der Waals surface area contributed by atoms with Crippen molar-refractivity contribution in [2.24, 2.45) is 0 Å². The van der Waals surface area contributed by atoms with Gasteiger partial charge in [-0.1, -0.05) is 56.8 Å². The summed E-state index contributed by atoms with van der Waals surface area (Å²) in [5.74, 6) is 0.281. The van der Waals surface area contributed by atoms with Crippen LogP contribution in [0.4, 0.5) is 0 Å². The second kappa shape index (κ2) is 11.1. The van der Waals surface area contributed by atoms with Gasteiger partial charge >= 0.3 is 0 Å². The average Bonchev–Trinajstić information content (AvgIpc) is 3.25. The minimum Gasteiger partial charge on any atom is -0.484 e. The number of nitrogens with one attached hydrogen (secondary N) is 1. The number of nitrogens with zero attached hydrogens (tertiary/aromatic N) is 1.